The molecule has 0 bridgehead atoms. The van der Waals surface area contributed by atoms with E-state index in [9.17, 15) is 0 Å². The fourth-order valence-corrected chi connectivity index (χ4v) is 5.79. The molecule has 2 heteroatoms. The van der Waals surface area contributed by atoms with Gasteiger partial charge in [0.05, 0.1) is 5.56 Å². The van der Waals surface area contributed by atoms with Crippen molar-refractivity contribution >= 4 is 21.9 Å². The summed E-state index contributed by atoms with van der Waals surface area (Å²) >= 11 is 0. The molecule has 4 aromatic rings. The number of benzene rings is 2. The minimum absolute atomic E-state index is 0.120. The molecule has 2 aromatic carbocycles. The van der Waals surface area contributed by atoms with E-state index in [1.165, 1.54) is 57.1 Å². The van der Waals surface area contributed by atoms with Gasteiger partial charge >= 0.3 is 0 Å². The molecule has 0 radical (unpaired) electrons. The van der Waals surface area contributed by atoms with Crippen molar-refractivity contribution in [2.45, 2.75) is 65.2 Å². The lowest BCUT2D eigenvalue weighted by molar-refractivity contribution is -0.660. The van der Waals surface area contributed by atoms with Crippen LogP contribution in [0, 0.1) is 13.8 Å². The van der Waals surface area contributed by atoms with Crippen LogP contribution >= 0.6 is 0 Å². The van der Waals surface area contributed by atoms with Crippen LogP contribution in [-0.4, -0.2) is 0 Å². The van der Waals surface area contributed by atoms with E-state index < -0.39 is 0 Å². The number of hydrogen-bond donors (Lipinski definition) is 0. The van der Waals surface area contributed by atoms with Gasteiger partial charge in [-0.15, -0.1) is 0 Å². The first kappa shape index (κ1) is 19.4. The Morgan fingerprint density at radius 3 is 2.23 bits per heavy atom. The van der Waals surface area contributed by atoms with E-state index in [1.54, 1.807) is 0 Å². The second-order valence-corrected chi connectivity index (χ2v) is 10.5. The average molecular weight is 399 g/mol. The van der Waals surface area contributed by atoms with Crippen LogP contribution in [0.3, 0.4) is 0 Å². The normalized spacial score (nSPS) is 17.4. The summed E-state index contributed by atoms with van der Waals surface area (Å²) in [6.45, 7) is 14.1. The number of para-hydroxylation sites is 1. The van der Waals surface area contributed by atoms with E-state index in [4.69, 9.17) is 4.42 Å². The molecule has 0 saturated carbocycles. The highest BCUT2D eigenvalue weighted by molar-refractivity contribution is 6.12. The third-order valence-corrected chi connectivity index (χ3v) is 7.34. The fourth-order valence-electron chi connectivity index (χ4n) is 5.79. The van der Waals surface area contributed by atoms with Gasteiger partial charge in [0.25, 0.3) is 0 Å². The van der Waals surface area contributed by atoms with Crippen LogP contribution in [-0.2, 0) is 17.9 Å². The molecule has 0 amide bonds. The zero-order valence-electron chi connectivity index (χ0n) is 19.3. The highest BCUT2D eigenvalue weighted by Crippen LogP contribution is 2.54. The second kappa shape index (κ2) is 6.20. The molecular weight excluding hydrogens is 366 g/mol. The van der Waals surface area contributed by atoms with Crippen LogP contribution in [0.1, 0.15) is 62.8 Å². The predicted octanol–water partition coefficient (Wildman–Crippen LogP) is 7.04. The molecule has 5 rings (SSSR count). The summed E-state index contributed by atoms with van der Waals surface area (Å²) < 4.78 is 8.87. The van der Waals surface area contributed by atoms with Crippen molar-refractivity contribution in [1.29, 1.82) is 0 Å². The summed E-state index contributed by atoms with van der Waals surface area (Å²) in [5.41, 5.74) is 10.4. The van der Waals surface area contributed by atoms with E-state index in [2.05, 4.69) is 95.8 Å². The van der Waals surface area contributed by atoms with Crippen molar-refractivity contribution in [2.24, 2.45) is 7.05 Å². The highest BCUT2D eigenvalue weighted by Gasteiger charge is 2.42. The summed E-state index contributed by atoms with van der Waals surface area (Å²) in [7, 11) is 2.14. The number of furan rings is 1. The maximum absolute atomic E-state index is 6.62. The van der Waals surface area contributed by atoms with Crippen molar-refractivity contribution in [1.82, 2.24) is 0 Å². The maximum Gasteiger partial charge on any atom is 0.216 e. The van der Waals surface area contributed by atoms with Crippen molar-refractivity contribution in [3.63, 3.8) is 0 Å². The number of aryl methyl sites for hydroxylation is 2. The summed E-state index contributed by atoms with van der Waals surface area (Å²) in [5, 5.41) is 2.56. The van der Waals surface area contributed by atoms with Crippen LogP contribution in [0.5, 0.6) is 0 Å². The van der Waals surface area contributed by atoms with Crippen molar-refractivity contribution < 1.29 is 8.98 Å². The Bertz CT molecular complexity index is 1320. The van der Waals surface area contributed by atoms with Crippen LogP contribution in [0.2, 0.25) is 0 Å². The molecular formula is C28H32NO+. The highest BCUT2D eigenvalue weighted by atomic mass is 16.3. The molecule has 0 saturated heterocycles. The molecule has 0 aliphatic heterocycles. The number of fused-ring (bicyclic) bond motifs is 5. The summed E-state index contributed by atoms with van der Waals surface area (Å²) in [4.78, 5) is 0. The van der Waals surface area contributed by atoms with Crippen molar-refractivity contribution in [3.8, 4) is 11.3 Å². The van der Waals surface area contributed by atoms with Crippen molar-refractivity contribution in [3.05, 3.63) is 64.8 Å². The van der Waals surface area contributed by atoms with E-state index in [0.717, 1.165) is 11.2 Å². The first-order valence-corrected chi connectivity index (χ1v) is 11.1. The Hall–Kier alpha value is -2.61. The van der Waals surface area contributed by atoms with Gasteiger partial charge < -0.3 is 4.42 Å². The monoisotopic (exact) mass is 398 g/mol. The molecule has 0 N–H and O–H groups in total. The van der Waals surface area contributed by atoms with Crippen LogP contribution in [0.25, 0.3) is 33.2 Å². The lowest BCUT2D eigenvalue weighted by Gasteiger charge is -2.43. The molecule has 1 aliphatic rings. The van der Waals surface area contributed by atoms with Gasteiger partial charge in [0.2, 0.25) is 5.69 Å². The Balaban J connectivity index is 2.06. The predicted molar refractivity (Wildman–Crippen MR) is 125 cm³/mol. The molecule has 1 aliphatic carbocycles. The van der Waals surface area contributed by atoms with E-state index in [-0.39, 0.29) is 10.8 Å². The first-order chi connectivity index (χ1) is 14.1. The summed E-state index contributed by atoms with van der Waals surface area (Å²) in [6.07, 6.45) is 4.60. The molecule has 2 heterocycles. The zero-order valence-corrected chi connectivity index (χ0v) is 19.3. The first-order valence-electron chi connectivity index (χ1n) is 11.1. The van der Waals surface area contributed by atoms with E-state index >= 15 is 0 Å². The number of rotatable bonds is 1. The topological polar surface area (TPSA) is 17.0 Å². The Morgan fingerprint density at radius 2 is 1.53 bits per heavy atom. The van der Waals surface area contributed by atoms with Gasteiger partial charge in [-0.1, -0.05) is 45.9 Å². The molecule has 0 atom stereocenters. The fraction of sp³-hybridized carbons (Fsp3) is 0.393. The zero-order chi connectivity index (χ0) is 21.4. The van der Waals surface area contributed by atoms with E-state index in [1.807, 2.05) is 0 Å². The average Bonchev–Trinajstić information content (AvgIpc) is 3.04. The lowest BCUT2D eigenvalue weighted by atomic mass is 9.60. The number of hydrogen-bond acceptors (Lipinski definition) is 1. The minimum atomic E-state index is 0.120. The molecule has 0 fully saturated rings. The van der Waals surface area contributed by atoms with Gasteiger partial charge in [-0.25, -0.2) is 4.57 Å². The second-order valence-electron chi connectivity index (χ2n) is 10.5. The smallest absolute Gasteiger partial charge is 0.216 e. The minimum Gasteiger partial charge on any atom is -0.455 e. The Morgan fingerprint density at radius 1 is 0.867 bits per heavy atom. The van der Waals surface area contributed by atoms with Crippen LogP contribution in [0.4, 0.5) is 0 Å². The number of aromatic nitrogens is 1. The van der Waals surface area contributed by atoms with Crippen LogP contribution in [0.15, 0.2) is 47.0 Å². The Labute approximate surface area is 179 Å². The van der Waals surface area contributed by atoms with Gasteiger partial charge in [0.1, 0.15) is 18.2 Å². The third-order valence-electron chi connectivity index (χ3n) is 7.34. The molecule has 2 aromatic heterocycles. The largest absolute Gasteiger partial charge is 0.455 e. The van der Waals surface area contributed by atoms with Gasteiger partial charge in [-0.3, -0.25) is 0 Å². The molecule has 0 unspecified atom stereocenters. The standard InChI is InChI=1S/C28H32NO/c1-17-12-13-20(29(7)16-17)22-18(2)24-25(28(5,6)15-14-27(24,3)4)23-19-10-8-9-11-21(19)30-26(22)23/h8-13,16H,14-15H2,1-7H3/q+1. The molecule has 2 nitrogen and oxygen atoms in total. The number of pyridine rings is 1. The van der Waals surface area contributed by atoms with Crippen LogP contribution < -0.4 is 4.57 Å². The lowest BCUT2D eigenvalue weighted by Crippen LogP contribution is -2.36. The number of nitrogens with zero attached hydrogens (tertiary/aromatic N) is 1. The van der Waals surface area contributed by atoms with E-state index in [0.29, 0.717) is 0 Å². The van der Waals surface area contributed by atoms with Gasteiger partial charge in [-0.05, 0) is 66.3 Å². The SMILES string of the molecule is Cc1ccc(-c2c(C)c3c(c4c2oc2ccccc24)C(C)(C)CCC3(C)C)[n+](C)c1. The Kier molecular flexibility index (Phi) is 4.00. The third kappa shape index (κ3) is 2.59. The van der Waals surface area contributed by atoms with Gasteiger partial charge in [0, 0.05) is 22.4 Å². The summed E-state index contributed by atoms with van der Waals surface area (Å²) in [5.74, 6) is 0. The van der Waals surface area contributed by atoms with Gasteiger partial charge in [0.15, 0.2) is 6.20 Å². The molecule has 30 heavy (non-hydrogen) atoms. The maximum atomic E-state index is 6.62. The molecule has 154 valence electrons. The van der Waals surface area contributed by atoms with Gasteiger partial charge in [-0.2, -0.15) is 0 Å². The quantitative estimate of drug-likeness (QED) is 0.314. The molecule has 0 spiro atoms. The summed E-state index contributed by atoms with van der Waals surface area (Å²) in [6, 6.07) is 13.0. The van der Waals surface area contributed by atoms with Crippen molar-refractivity contribution in [2.75, 3.05) is 0 Å².